The molecule has 0 radical (unpaired) electrons. The molecule has 0 aliphatic carbocycles. The smallest absolute Gasteiger partial charge is 0.252 e. The standard InChI is InChI=1S/C21H22N4O3/c1-27-18-8-2-15(3-9-18)19-14-20(26)24-21(23-19)22-16-4-6-17(7-5-16)25-10-12-28-13-11-25/h2-9,14H,10-13H2,1H3,(H2,22,23,24,26). The molecule has 1 saturated heterocycles. The molecule has 0 bridgehead atoms. The van der Waals surface area contributed by atoms with E-state index in [1.54, 1.807) is 7.11 Å². The largest absolute Gasteiger partial charge is 0.497 e. The zero-order valence-electron chi connectivity index (χ0n) is 15.6. The Morgan fingerprint density at radius 1 is 1.07 bits per heavy atom. The van der Waals surface area contributed by atoms with Crippen molar-refractivity contribution in [3.05, 3.63) is 65.0 Å². The molecule has 2 N–H and O–H groups in total. The first kappa shape index (κ1) is 18.1. The Hall–Kier alpha value is -3.32. The van der Waals surface area contributed by atoms with E-state index in [1.807, 2.05) is 36.4 Å². The van der Waals surface area contributed by atoms with Crippen LogP contribution < -0.4 is 20.5 Å². The molecule has 2 heterocycles. The highest BCUT2D eigenvalue weighted by molar-refractivity contribution is 5.64. The van der Waals surface area contributed by atoms with E-state index in [1.165, 1.54) is 6.07 Å². The van der Waals surface area contributed by atoms with E-state index < -0.39 is 0 Å². The average Bonchev–Trinajstić information content (AvgIpc) is 2.74. The highest BCUT2D eigenvalue weighted by Crippen LogP contribution is 2.23. The number of H-pyrrole nitrogens is 1. The Morgan fingerprint density at radius 2 is 1.79 bits per heavy atom. The zero-order valence-corrected chi connectivity index (χ0v) is 15.6. The quantitative estimate of drug-likeness (QED) is 0.710. The molecule has 7 nitrogen and oxygen atoms in total. The molecule has 0 saturated carbocycles. The molecule has 2 aromatic carbocycles. The number of ether oxygens (including phenoxy) is 2. The van der Waals surface area contributed by atoms with Gasteiger partial charge in [0.2, 0.25) is 5.95 Å². The molecule has 1 fully saturated rings. The number of morpholine rings is 1. The predicted molar refractivity (Wildman–Crippen MR) is 110 cm³/mol. The molecule has 7 heteroatoms. The topological polar surface area (TPSA) is 79.5 Å². The van der Waals surface area contributed by atoms with E-state index in [-0.39, 0.29) is 5.56 Å². The summed E-state index contributed by atoms with van der Waals surface area (Å²) in [5.41, 5.74) is 3.24. The third kappa shape index (κ3) is 4.15. The normalized spacial score (nSPS) is 14.0. The van der Waals surface area contributed by atoms with E-state index in [2.05, 4.69) is 32.3 Å². The summed E-state index contributed by atoms with van der Waals surface area (Å²) in [5.74, 6) is 1.16. The third-order valence-corrected chi connectivity index (χ3v) is 4.63. The summed E-state index contributed by atoms with van der Waals surface area (Å²) in [4.78, 5) is 21.6. The van der Waals surface area contributed by atoms with Crippen LogP contribution in [-0.2, 0) is 4.74 Å². The number of nitrogens with one attached hydrogen (secondary N) is 2. The molecule has 4 rings (SSSR count). The van der Waals surface area contributed by atoms with Gasteiger partial charge in [0.15, 0.2) is 0 Å². The van der Waals surface area contributed by atoms with Crippen molar-refractivity contribution in [2.45, 2.75) is 0 Å². The van der Waals surface area contributed by atoms with Crippen molar-refractivity contribution in [3.63, 3.8) is 0 Å². The lowest BCUT2D eigenvalue weighted by Gasteiger charge is -2.28. The summed E-state index contributed by atoms with van der Waals surface area (Å²) in [5, 5.41) is 3.17. The first-order valence-corrected chi connectivity index (χ1v) is 9.17. The van der Waals surface area contributed by atoms with Gasteiger partial charge < -0.3 is 19.7 Å². The van der Waals surface area contributed by atoms with Crippen molar-refractivity contribution in [1.29, 1.82) is 0 Å². The molecule has 0 spiro atoms. The number of benzene rings is 2. The van der Waals surface area contributed by atoms with Gasteiger partial charge in [-0.1, -0.05) is 0 Å². The number of hydrogen-bond acceptors (Lipinski definition) is 6. The van der Waals surface area contributed by atoms with Crippen LogP contribution in [0.4, 0.5) is 17.3 Å². The average molecular weight is 378 g/mol. The zero-order chi connectivity index (χ0) is 19.3. The number of rotatable bonds is 5. The monoisotopic (exact) mass is 378 g/mol. The Labute approximate surface area is 163 Å². The number of nitrogens with zero attached hydrogens (tertiary/aromatic N) is 2. The van der Waals surface area contributed by atoms with Gasteiger partial charge in [0.25, 0.3) is 5.56 Å². The summed E-state index contributed by atoms with van der Waals surface area (Å²) < 4.78 is 10.6. The third-order valence-electron chi connectivity index (χ3n) is 4.63. The van der Waals surface area contributed by atoms with Crippen molar-refractivity contribution in [2.75, 3.05) is 43.6 Å². The van der Waals surface area contributed by atoms with Gasteiger partial charge in [-0.2, -0.15) is 0 Å². The van der Waals surface area contributed by atoms with Crippen LogP contribution >= 0.6 is 0 Å². The minimum absolute atomic E-state index is 0.215. The lowest BCUT2D eigenvalue weighted by molar-refractivity contribution is 0.122. The van der Waals surface area contributed by atoms with Gasteiger partial charge in [-0.25, -0.2) is 4.98 Å². The van der Waals surface area contributed by atoms with Crippen LogP contribution in [0.15, 0.2) is 59.4 Å². The van der Waals surface area contributed by atoms with E-state index in [0.717, 1.165) is 49.0 Å². The second-order valence-electron chi connectivity index (χ2n) is 6.48. The Kier molecular flexibility index (Phi) is 5.25. The van der Waals surface area contributed by atoms with Crippen molar-refractivity contribution < 1.29 is 9.47 Å². The Bertz CT molecular complexity index is 978. The van der Waals surface area contributed by atoms with Crippen LogP contribution in [0.5, 0.6) is 5.75 Å². The fraction of sp³-hybridized carbons (Fsp3) is 0.238. The van der Waals surface area contributed by atoms with Gasteiger partial charge >= 0.3 is 0 Å². The van der Waals surface area contributed by atoms with Crippen molar-refractivity contribution in [2.24, 2.45) is 0 Å². The second kappa shape index (κ2) is 8.14. The first-order chi connectivity index (χ1) is 13.7. The molecule has 28 heavy (non-hydrogen) atoms. The Balaban J connectivity index is 1.52. The summed E-state index contributed by atoms with van der Waals surface area (Å²) >= 11 is 0. The van der Waals surface area contributed by atoms with Crippen LogP contribution in [0.1, 0.15) is 0 Å². The molecular formula is C21H22N4O3. The first-order valence-electron chi connectivity index (χ1n) is 9.17. The molecule has 0 atom stereocenters. The minimum atomic E-state index is -0.215. The van der Waals surface area contributed by atoms with Gasteiger partial charge in [0.05, 0.1) is 26.0 Å². The lowest BCUT2D eigenvalue weighted by Crippen LogP contribution is -2.36. The molecular weight excluding hydrogens is 356 g/mol. The van der Waals surface area contributed by atoms with Gasteiger partial charge in [-0.3, -0.25) is 9.78 Å². The molecule has 0 amide bonds. The molecule has 1 aliphatic heterocycles. The van der Waals surface area contributed by atoms with Crippen molar-refractivity contribution in [3.8, 4) is 17.0 Å². The van der Waals surface area contributed by atoms with Crippen LogP contribution in [0.3, 0.4) is 0 Å². The van der Waals surface area contributed by atoms with Gasteiger partial charge in [-0.15, -0.1) is 0 Å². The highest BCUT2D eigenvalue weighted by atomic mass is 16.5. The maximum Gasteiger partial charge on any atom is 0.252 e. The number of aromatic nitrogens is 2. The highest BCUT2D eigenvalue weighted by Gasteiger charge is 2.11. The summed E-state index contributed by atoms with van der Waals surface area (Å²) in [7, 11) is 1.62. The fourth-order valence-corrected chi connectivity index (χ4v) is 3.14. The SMILES string of the molecule is COc1ccc(-c2cc(=O)[nH]c(Nc3ccc(N4CCOCC4)cc3)n2)cc1. The lowest BCUT2D eigenvalue weighted by atomic mass is 10.1. The van der Waals surface area contributed by atoms with Crippen LogP contribution in [0.25, 0.3) is 11.3 Å². The number of aromatic amines is 1. The molecule has 1 aliphatic rings. The fourth-order valence-electron chi connectivity index (χ4n) is 3.14. The maximum absolute atomic E-state index is 12.1. The molecule has 144 valence electrons. The minimum Gasteiger partial charge on any atom is -0.497 e. The summed E-state index contributed by atoms with van der Waals surface area (Å²) in [6.45, 7) is 3.30. The van der Waals surface area contributed by atoms with E-state index in [4.69, 9.17) is 9.47 Å². The maximum atomic E-state index is 12.1. The van der Waals surface area contributed by atoms with Crippen molar-refractivity contribution >= 4 is 17.3 Å². The van der Waals surface area contributed by atoms with E-state index >= 15 is 0 Å². The van der Waals surface area contributed by atoms with E-state index in [9.17, 15) is 4.79 Å². The summed E-state index contributed by atoms with van der Waals surface area (Å²) in [6, 6.07) is 17.0. The van der Waals surface area contributed by atoms with Gasteiger partial charge in [-0.05, 0) is 48.5 Å². The van der Waals surface area contributed by atoms with Crippen LogP contribution in [-0.4, -0.2) is 43.4 Å². The van der Waals surface area contributed by atoms with Crippen LogP contribution in [0.2, 0.25) is 0 Å². The number of hydrogen-bond donors (Lipinski definition) is 2. The van der Waals surface area contributed by atoms with Crippen molar-refractivity contribution in [1.82, 2.24) is 9.97 Å². The molecule has 0 unspecified atom stereocenters. The number of anilines is 3. The predicted octanol–water partition coefficient (Wildman–Crippen LogP) is 3.03. The summed E-state index contributed by atoms with van der Waals surface area (Å²) in [6.07, 6.45) is 0. The molecule has 1 aromatic heterocycles. The van der Waals surface area contributed by atoms with Gasteiger partial charge in [0, 0.05) is 36.1 Å². The van der Waals surface area contributed by atoms with Gasteiger partial charge in [0.1, 0.15) is 5.75 Å². The second-order valence-corrected chi connectivity index (χ2v) is 6.48. The van der Waals surface area contributed by atoms with E-state index in [0.29, 0.717) is 11.6 Å². The van der Waals surface area contributed by atoms with Crippen LogP contribution in [0, 0.1) is 0 Å². The molecule has 3 aromatic rings. The number of methoxy groups -OCH3 is 1. The Morgan fingerprint density at radius 3 is 2.46 bits per heavy atom.